The second kappa shape index (κ2) is 7.83. The third kappa shape index (κ3) is 4.47. The van der Waals surface area contributed by atoms with Gasteiger partial charge >= 0.3 is 0 Å². The van der Waals surface area contributed by atoms with Gasteiger partial charge in [-0.1, -0.05) is 13.8 Å². The minimum absolute atomic E-state index is 0.263. The van der Waals surface area contributed by atoms with E-state index in [2.05, 4.69) is 10.3 Å². The number of carbonyl (C=O) groups excluding carboxylic acids is 1. The van der Waals surface area contributed by atoms with E-state index in [4.69, 9.17) is 5.73 Å². The normalized spacial score (nSPS) is 19.3. The molecule has 5 nitrogen and oxygen atoms in total. The van der Waals surface area contributed by atoms with Crippen LogP contribution in [0.1, 0.15) is 37.6 Å². The summed E-state index contributed by atoms with van der Waals surface area (Å²) in [7, 11) is 0. The highest BCUT2D eigenvalue weighted by molar-refractivity contribution is 6.03. The molecule has 1 aliphatic heterocycles. The Bertz CT molecular complexity index is 862. The standard InChI is InChI=1S/C21H26F2N4O/c1-13(2)9-26-20(28)18-11-25-10-17(14-6-15(22)8-16(23)7-14)19(18)27-5-4-21(3,24)12-27/h6-8,10-11,13H,4-5,9,12,24H2,1-3H3,(H,26,28)/t21-/m0/s1. The molecule has 3 N–H and O–H groups in total. The number of nitrogens with zero attached hydrogens (tertiary/aromatic N) is 2. The van der Waals surface area contributed by atoms with Gasteiger partial charge in [0, 0.05) is 49.2 Å². The topological polar surface area (TPSA) is 71.2 Å². The molecular weight excluding hydrogens is 362 g/mol. The first-order valence-electron chi connectivity index (χ1n) is 9.43. The fraction of sp³-hybridized carbons (Fsp3) is 0.429. The molecule has 1 aliphatic rings. The molecule has 1 fully saturated rings. The maximum Gasteiger partial charge on any atom is 0.254 e. The molecule has 0 spiro atoms. The highest BCUT2D eigenvalue weighted by Gasteiger charge is 2.33. The SMILES string of the molecule is CC(C)CNC(=O)c1cncc(-c2cc(F)cc(F)c2)c1N1CC[C@](C)(N)C1. The number of hydrogen-bond acceptors (Lipinski definition) is 4. The molecule has 0 aliphatic carbocycles. The van der Waals surface area contributed by atoms with Crippen LogP contribution in [0.5, 0.6) is 0 Å². The summed E-state index contributed by atoms with van der Waals surface area (Å²) < 4.78 is 27.7. The Balaban J connectivity index is 2.11. The van der Waals surface area contributed by atoms with Crippen molar-refractivity contribution in [3.05, 3.63) is 47.8 Å². The molecule has 150 valence electrons. The van der Waals surface area contributed by atoms with Crippen LogP contribution in [0.25, 0.3) is 11.1 Å². The van der Waals surface area contributed by atoms with Crippen molar-refractivity contribution >= 4 is 11.6 Å². The molecular formula is C21H26F2N4O. The van der Waals surface area contributed by atoms with Crippen LogP contribution < -0.4 is 16.0 Å². The van der Waals surface area contributed by atoms with Crippen LogP contribution >= 0.6 is 0 Å². The molecule has 1 saturated heterocycles. The molecule has 1 atom stereocenters. The number of nitrogens with one attached hydrogen (secondary N) is 1. The largest absolute Gasteiger partial charge is 0.368 e. The maximum atomic E-state index is 13.8. The zero-order chi connectivity index (χ0) is 20.5. The average Bonchev–Trinajstić information content (AvgIpc) is 2.97. The molecule has 0 bridgehead atoms. The van der Waals surface area contributed by atoms with Crippen molar-refractivity contribution < 1.29 is 13.6 Å². The van der Waals surface area contributed by atoms with E-state index in [1.165, 1.54) is 24.5 Å². The number of aromatic nitrogens is 1. The molecule has 1 aromatic heterocycles. The van der Waals surface area contributed by atoms with Crippen molar-refractivity contribution in [2.45, 2.75) is 32.7 Å². The first kappa shape index (κ1) is 20.2. The van der Waals surface area contributed by atoms with Gasteiger partial charge in [0.05, 0.1) is 11.3 Å². The first-order chi connectivity index (χ1) is 13.2. The van der Waals surface area contributed by atoms with E-state index in [0.29, 0.717) is 47.9 Å². The Morgan fingerprint density at radius 1 is 1.29 bits per heavy atom. The van der Waals surface area contributed by atoms with E-state index in [1.54, 1.807) is 0 Å². The number of halogens is 2. The smallest absolute Gasteiger partial charge is 0.254 e. The van der Waals surface area contributed by atoms with Gasteiger partial charge in [-0.05, 0) is 37.0 Å². The summed E-state index contributed by atoms with van der Waals surface area (Å²) in [4.78, 5) is 19.0. The van der Waals surface area contributed by atoms with E-state index in [9.17, 15) is 13.6 Å². The number of pyridine rings is 1. The lowest BCUT2D eigenvalue weighted by Gasteiger charge is -2.26. The van der Waals surface area contributed by atoms with Crippen LogP contribution in [0.15, 0.2) is 30.6 Å². The quantitative estimate of drug-likeness (QED) is 0.824. The summed E-state index contributed by atoms with van der Waals surface area (Å²) in [6.07, 6.45) is 3.78. The summed E-state index contributed by atoms with van der Waals surface area (Å²) in [5, 5.41) is 2.90. The Kier molecular flexibility index (Phi) is 5.65. The molecule has 7 heteroatoms. The Morgan fingerprint density at radius 2 is 1.96 bits per heavy atom. The van der Waals surface area contributed by atoms with E-state index >= 15 is 0 Å². The fourth-order valence-electron chi connectivity index (χ4n) is 3.45. The Hall–Kier alpha value is -2.54. The van der Waals surface area contributed by atoms with Gasteiger partial charge in [0.1, 0.15) is 11.6 Å². The zero-order valence-electron chi connectivity index (χ0n) is 16.4. The van der Waals surface area contributed by atoms with E-state index in [1.807, 2.05) is 25.7 Å². The van der Waals surface area contributed by atoms with Crippen molar-refractivity contribution in [1.82, 2.24) is 10.3 Å². The predicted molar refractivity (Wildman–Crippen MR) is 106 cm³/mol. The van der Waals surface area contributed by atoms with Crippen molar-refractivity contribution in [2.75, 3.05) is 24.5 Å². The minimum Gasteiger partial charge on any atom is -0.368 e. The molecule has 1 amide bonds. The number of carbonyl (C=O) groups is 1. The molecule has 2 heterocycles. The molecule has 0 unspecified atom stereocenters. The van der Waals surface area contributed by atoms with Gasteiger partial charge in [-0.15, -0.1) is 0 Å². The number of amides is 1. The van der Waals surface area contributed by atoms with Gasteiger partial charge in [0.2, 0.25) is 0 Å². The van der Waals surface area contributed by atoms with Gasteiger partial charge in [-0.2, -0.15) is 0 Å². The maximum absolute atomic E-state index is 13.8. The lowest BCUT2D eigenvalue weighted by Crippen LogP contribution is -2.39. The van der Waals surface area contributed by atoms with Gasteiger partial charge in [-0.3, -0.25) is 9.78 Å². The summed E-state index contributed by atoms with van der Waals surface area (Å²) in [6, 6.07) is 3.32. The third-order valence-electron chi connectivity index (χ3n) is 4.83. The van der Waals surface area contributed by atoms with Gasteiger partial charge in [-0.25, -0.2) is 8.78 Å². The highest BCUT2D eigenvalue weighted by atomic mass is 19.1. The molecule has 28 heavy (non-hydrogen) atoms. The van der Waals surface area contributed by atoms with Crippen molar-refractivity contribution in [1.29, 1.82) is 0 Å². The zero-order valence-corrected chi connectivity index (χ0v) is 16.4. The van der Waals surface area contributed by atoms with Crippen LogP contribution in [-0.2, 0) is 0 Å². The monoisotopic (exact) mass is 388 g/mol. The fourth-order valence-corrected chi connectivity index (χ4v) is 3.45. The third-order valence-corrected chi connectivity index (χ3v) is 4.83. The van der Waals surface area contributed by atoms with Crippen LogP contribution in [0.3, 0.4) is 0 Å². The lowest BCUT2D eigenvalue weighted by molar-refractivity contribution is 0.0949. The Labute approximate surface area is 163 Å². The van der Waals surface area contributed by atoms with Gasteiger partial charge < -0.3 is 16.0 Å². The summed E-state index contributed by atoms with van der Waals surface area (Å²) >= 11 is 0. The van der Waals surface area contributed by atoms with E-state index < -0.39 is 17.2 Å². The highest BCUT2D eigenvalue weighted by Crippen LogP contribution is 2.37. The second-order valence-electron chi connectivity index (χ2n) is 8.17. The second-order valence-corrected chi connectivity index (χ2v) is 8.17. The Morgan fingerprint density at radius 3 is 2.54 bits per heavy atom. The van der Waals surface area contributed by atoms with Crippen molar-refractivity contribution in [3.63, 3.8) is 0 Å². The summed E-state index contributed by atoms with van der Waals surface area (Å²) in [5.74, 6) is -1.33. The van der Waals surface area contributed by atoms with Gasteiger partial charge in [0.15, 0.2) is 0 Å². The van der Waals surface area contributed by atoms with E-state index in [0.717, 1.165) is 12.5 Å². The number of rotatable bonds is 5. The predicted octanol–water partition coefficient (Wildman–Crippen LogP) is 3.34. The van der Waals surface area contributed by atoms with Crippen molar-refractivity contribution in [3.8, 4) is 11.1 Å². The molecule has 0 radical (unpaired) electrons. The lowest BCUT2D eigenvalue weighted by atomic mass is 10.0. The minimum atomic E-state index is -0.680. The summed E-state index contributed by atoms with van der Waals surface area (Å²) in [5.41, 5.74) is 7.71. The average molecular weight is 388 g/mol. The summed E-state index contributed by atoms with van der Waals surface area (Å²) in [6.45, 7) is 7.66. The first-order valence-corrected chi connectivity index (χ1v) is 9.43. The van der Waals surface area contributed by atoms with Crippen LogP contribution in [0.2, 0.25) is 0 Å². The van der Waals surface area contributed by atoms with Crippen LogP contribution in [0, 0.1) is 17.6 Å². The molecule has 2 aromatic rings. The number of anilines is 1. The molecule has 1 aromatic carbocycles. The number of hydrogen-bond donors (Lipinski definition) is 2. The van der Waals surface area contributed by atoms with Crippen molar-refractivity contribution in [2.24, 2.45) is 11.7 Å². The molecule has 3 rings (SSSR count). The molecule has 0 saturated carbocycles. The number of benzene rings is 1. The van der Waals surface area contributed by atoms with E-state index in [-0.39, 0.29) is 5.91 Å². The number of nitrogens with two attached hydrogens (primary N) is 1. The van der Waals surface area contributed by atoms with Gasteiger partial charge in [0.25, 0.3) is 5.91 Å². The van der Waals surface area contributed by atoms with Crippen LogP contribution in [-0.4, -0.2) is 36.1 Å². The van der Waals surface area contributed by atoms with Crippen LogP contribution in [0.4, 0.5) is 14.5 Å².